The molecule has 0 fully saturated rings. The van der Waals surface area contributed by atoms with Crippen LogP contribution in [-0.2, 0) is 4.74 Å². The molecule has 0 saturated heterocycles. The van der Waals surface area contributed by atoms with E-state index in [0.29, 0.717) is 16.1 Å². The largest absolute Gasteiger partial charge is 0.383 e. The first kappa shape index (κ1) is 11.4. The highest BCUT2D eigenvalue weighted by Crippen LogP contribution is 2.26. The normalized spacial score (nSPS) is 12.9. The summed E-state index contributed by atoms with van der Waals surface area (Å²) in [5.41, 5.74) is 6.59. The Labute approximate surface area is 87.8 Å². The van der Waals surface area contributed by atoms with Crippen LogP contribution in [0.25, 0.3) is 0 Å². The van der Waals surface area contributed by atoms with Crippen molar-refractivity contribution in [1.82, 2.24) is 0 Å². The molecule has 1 aromatic rings. The van der Waals surface area contributed by atoms with Crippen molar-refractivity contribution in [2.75, 3.05) is 13.7 Å². The molecule has 2 nitrogen and oxygen atoms in total. The van der Waals surface area contributed by atoms with Gasteiger partial charge < -0.3 is 10.5 Å². The van der Waals surface area contributed by atoms with Gasteiger partial charge in [0.2, 0.25) is 0 Å². The average molecular weight is 218 g/mol. The standard InChI is InChI=1S/C10H13ClFNO/c1-6-3-4-7(11)9(10(6)12)8(13)5-14-2/h3-4,8H,5,13H2,1-2H3/t8-/m0/s1. The fourth-order valence-corrected chi connectivity index (χ4v) is 1.57. The maximum atomic E-state index is 13.6. The van der Waals surface area contributed by atoms with Crippen molar-refractivity contribution in [2.45, 2.75) is 13.0 Å². The summed E-state index contributed by atoms with van der Waals surface area (Å²) in [6.45, 7) is 1.93. The van der Waals surface area contributed by atoms with E-state index in [4.69, 9.17) is 22.1 Å². The van der Waals surface area contributed by atoms with Gasteiger partial charge in [-0.3, -0.25) is 0 Å². The van der Waals surface area contributed by atoms with E-state index in [0.717, 1.165) is 0 Å². The van der Waals surface area contributed by atoms with Crippen LogP contribution in [0.15, 0.2) is 12.1 Å². The smallest absolute Gasteiger partial charge is 0.132 e. The number of aryl methyl sites for hydroxylation is 1. The number of hydrogen-bond acceptors (Lipinski definition) is 2. The number of ether oxygens (including phenoxy) is 1. The summed E-state index contributed by atoms with van der Waals surface area (Å²) in [6, 6.07) is 2.75. The van der Waals surface area contributed by atoms with Crippen molar-refractivity contribution < 1.29 is 9.13 Å². The Balaban J connectivity index is 3.11. The van der Waals surface area contributed by atoms with E-state index >= 15 is 0 Å². The predicted molar refractivity (Wildman–Crippen MR) is 55.0 cm³/mol. The molecule has 0 bridgehead atoms. The molecule has 78 valence electrons. The number of halogens is 2. The summed E-state index contributed by atoms with van der Waals surface area (Å²) in [4.78, 5) is 0. The van der Waals surface area contributed by atoms with E-state index < -0.39 is 6.04 Å². The molecule has 0 amide bonds. The second-order valence-corrected chi connectivity index (χ2v) is 3.56. The lowest BCUT2D eigenvalue weighted by Gasteiger charge is -2.14. The average Bonchev–Trinajstić information content (AvgIpc) is 2.13. The van der Waals surface area contributed by atoms with Crippen LogP contribution < -0.4 is 5.73 Å². The van der Waals surface area contributed by atoms with Gasteiger partial charge in [0.15, 0.2) is 0 Å². The molecule has 0 unspecified atom stereocenters. The van der Waals surface area contributed by atoms with E-state index in [9.17, 15) is 4.39 Å². The fraction of sp³-hybridized carbons (Fsp3) is 0.400. The van der Waals surface area contributed by atoms with Crippen LogP contribution in [0, 0.1) is 12.7 Å². The lowest BCUT2D eigenvalue weighted by molar-refractivity contribution is 0.179. The molecule has 0 aromatic heterocycles. The molecule has 1 atom stereocenters. The van der Waals surface area contributed by atoms with Crippen molar-refractivity contribution >= 4 is 11.6 Å². The van der Waals surface area contributed by atoms with Crippen molar-refractivity contribution in [3.8, 4) is 0 Å². The number of nitrogens with two attached hydrogens (primary N) is 1. The Morgan fingerprint density at radius 1 is 1.57 bits per heavy atom. The van der Waals surface area contributed by atoms with Gasteiger partial charge in [-0.15, -0.1) is 0 Å². The lowest BCUT2D eigenvalue weighted by atomic mass is 10.0. The summed E-state index contributed by atoms with van der Waals surface area (Å²) in [7, 11) is 1.52. The SMILES string of the molecule is COC[C@H](N)c1c(Cl)ccc(C)c1F. The summed E-state index contributed by atoms with van der Waals surface area (Å²) in [5, 5.41) is 0.345. The van der Waals surface area contributed by atoms with Crippen LogP contribution >= 0.6 is 11.6 Å². The predicted octanol–water partition coefficient (Wildman–Crippen LogP) is 2.43. The molecule has 0 aliphatic heterocycles. The monoisotopic (exact) mass is 217 g/mol. The van der Waals surface area contributed by atoms with Crippen molar-refractivity contribution in [2.24, 2.45) is 5.73 Å². The highest BCUT2D eigenvalue weighted by atomic mass is 35.5. The van der Waals surface area contributed by atoms with Crippen LogP contribution in [0.3, 0.4) is 0 Å². The molecule has 14 heavy (non-hydrogen) atoms. The number of benzene rings is 1. The van der Waals surface area contributed by atoms with E-state index in [1.54, 1.807) is 19.1 Å². The van der Waals surface area contributed by atoms with Crippen molar-refractivity contribution in [1.29, 1.82) is 0 Å². The maximum Gasteiger partial charge on any atom is 0.132 e. The van der Waals surface area contributed by atoms with Gasteiger partial charge >= 0.3 is 0 Å². The molecule has 4 heteroatoms. The third-order valence-corrected chi connectivity index (χ3v) is 2.37. The van der Waals surface area contributed by atoms with Gasteiger partial charge in [0, 0.05) is 17.7 Å². The van der Waals surface area contributed by atoms with Crippen LogP contribution in [0.5, 0.6) is 0 Å². The zero-order valence-corrected chi connectivity index (χ0v) is 8.94. The Bertz CT molecular complexity index is 330. The number of hydrogen-bond donors (Lipinski definition) is 1. The minimum atomic E-state index is -0.521. The van der Waals surface area contributed by atoms with E-state index in [1.165, 1.54) is 7.11 Å². The highest BCUT2D eigenvalue weighted by molar-refractivity contribution is 6.31. The summed E-state index contributed by atoms with van der Waals surface area (Å²) < 4.78 is 18.5. The van der Waals surface area contributed by atoms with Gasteiger partial charge in [-0.2, -0.15) is 0 Å². The van der Waals surface area contributed by atoms with Gasteiger partial charge in [-0.25, -0.2) is 4.39 Å². The highest BCUT2D eigenvalue weighted by Gasteiger charge is 2.16. The Hall–Kier alpha value is -0.640. The zero-order valence-electron chi connectivity index (χ0n) is 8.18. The quantitative estimate of drug-likeness (QED) is 0.844. The Morgan fingerprint density at radius 2 is 2.21 bits per heavy atom. The first-order valence-corrected chi connectivity index (χ1v) is 4.64. The summed E-state index contributed by atoms with van der Waals surface area (Å²) >= 11 is 5.86. The first-order valence-electron chi connectivity index (χ1n) is 4.27. The zero-order chi connectivity index (χ0) is 10.7. The van der Waals surface area contributed by atoms with Gasteiger partial charge in [-0.1, -0.05) is 17.7 Å². The molecular formula is C10H13ClFNO. The summed E-state index contributed by atoms with van der Waals surface area (Å²) in [6.07, 6.45) is 0. The van der Waals surface area contributed by atoms with Crippen LogP contribution in [0.1, 0.15) is 17.2 Å². The minimum absolute atomic E-state index is 0.250. The Kier molecular flexibility index (Phi) is 3.86. The molecule has 0 radical (unpaired) electrons. The molecular weight excluding hydrogens is 205 g/mol. The van der Waals surface area contributed by atoms with E-state index in [2.05, 4.69) is 0 Å². The van der Waals surface area contributed by atoms with Gasteiger partial charge in [0.1, 0.15) is 5.82 Å². The van der Waals surface area contributed by atoms with Crippen LogP contribution in [-0.4, -0.2) is 13.7 Å². The van der Waals surface area contributed by atoms with Crippen molar-refractivity contribution in [3.05, 3.63) is 34.1 Å². The molecule has 0 spiro atoms. The number of rotatable bonds is 3. The lowest BCUT2D eigenvalue weighted by Crippen LogP contribution is -2.18. The maximum absolute atomic E-state index is 13.6. The third-order valence-electron chi connectivity index (χ3n) is 2.04. The molecule has 1 aromatic carbocycles. The summed E-state index contributed by atoms with van der Waals surface area (Å²) in [5.74, 6) is -0.345. The van der Waals surface area contributed by atoms with E-state index in [1.807, 2.05) is 0 Å². The molecule has 0 saturated carbocycles. The number of methoxy groups -OCH3 is 1. The molecule has 0 heterocycles. The fourth-order valence-electron chi connectivity index (χ4n) is 1.28. The molecule has 2 N–H and O–H groups in total. The molecule has 0 aliphatic rings. The van der Waals surface area contributed by atoms with Crippen molar-refractivity contribution in [3.63, 3.8) is 0 Å². The van der Waals surface area contributed by atoms with Crippen LogP contribution in [0.2, 0.25) is 5.02 Å². The van der Waals surface area contributed by atoms with Gasteiger partial charge in [-0.05, 0) is 18.6 Å². The third kappa shape index (κ3) is 2.23. The second-order valence-electron chi connectivity index (χ2n) is 3.15. The van der Waals surface area contributed by atoms with Crippen LogP contribution in [0.4, 0.5) is 4.39 Å². The molecule has 0 aliphatic carbocycles. The first-order chi connectivity index (χ1) is 6.57. The Morgan fingerprint density at radius 3 is 2.79 bits per heavy atom. The van der Waals surface area contributed by atoms with Gasteiger partial charge in [0.25, 0.3) is 0 Å². The second kappa shape index (κ2) is 4.73. The van der Waals surface area contributed by atoms with Gasteiger partial charge in [0.05, 0.1) is 12.6 Å². The topological polar surface area (TPSA) is 35.2 Å². The minimum Gasteiger partial charge on any atom is -0.383 e. The molecule has 1 rings (SSSR count). The van der Waals surface area contributed by atoms with E-state index in [-0.39, 0.29) is 12.4 Å².